The fraction of sp³-hybridized carbons (Fsp3) is 0.625. The summed E-state index contributed by atoms with van der Waals surface area (Å²) < 4.78 is 28.4. The molecule has 1 rings (SSSR count). The van der Waals surface area contributed by atoms with Gasteiger partial charge >= 0.3 is 0 Å². The lowest BCUT2D eigenvalue weighted by atomic mass is 9.88. The molecule has 0 amide bonds. The van der Waals surface area contributed by atoms with Crippen molar-refractivity contribution >= 4 is 10.0 Å². The molecule has 120 valence electrons. The van der Waals surface area contributed by atoms with E-state index in [1.807, 2.05) is 54.5 Å². The van der Waals surface area contributed by atoms with Crippen LogP contribution in [-0.4, -0.2) is 21.0 Å². The molecule has 0 radical (unpaired) electrons. The average molecular weight is 312 g/mol. The minimum Gasteiger partial charge on any atom is -0.329 e. The lowest BCUT2D eigenvalue weighted by molar-refractivity contribution is 0.304. The summed E-state index contributed by atoms with van der Waals surface area (Å²) in [5.41, 5.74) is 9.09. The molecule has 3 N–H and O–H groups in total. The molecule has 0 spiro atoms. The van der Waals surface area contributed by atoms with Gasteiger partial charge in [0.25, 0.3) is 0 Å². The second-order valence-corrected chi connectivity index (χ2v) is 8.52. The van der Waals surface area contributed by atoms with Crippen molar-refractivity contribution in [3.63, 3.8) is 0 Å². The van der Waals surface area contributed by atoms with Gasteiger partial charge in [-0.2, -0.15) is 0 Å². The summed E-state index contributed by atoms with van der Waals surface area (Å²) in [6, 6.07) is 1.72. The van der Waals surface area contributed by atoms with Crippen molar-refractivity contribution in [3.05, 3.63) is 28.3 Å². The van der Waals surface area contributed by atoms with E-state index in [1.54, 1.807) is 0 Å². The van der Waals surface area contributed by atoms with Crippen molar-refractivity contribution in [2.24, 2.45) is 11.1 Å². The summed E-state index contributed by atoms with van der Waals surface area (Å²) in [5, 5.41) is 0. The Balaban J connectivity index is 3.39. The number of benzene rings is 1. The van der Waals surface area contributed by atoms with E-state index in [9.17, 15) is 8.42 Å². The molecular formula is C16H28N2O2S. The summed E-state index contributed by atoms with van der Waals surface area (Å²) in [6.07, 6.45) is 0. The van der Waals surface area contributed by atoms with Crippen LogP contribution in [0.2, 0.25) is 0 Å². The van der Waals surface area contributed by atoms with Crippen LogP contribution in [0.5, 0.6) is 0 Å². The summed E-state index contributed by atoms with van der Waals surface area (Å²) >= 11 is 0. The molecule has 0 saturated heterocycles. The molecule has 5 heteroatoms. The number of sulfonamides is 1. The Kier molecular flexibility index (Phi) is 5.24. The molecule has 4 nitrogen and oxygen atoms in total. The molecule has 0 fully saturated rings. The van der Waals surface area contributed by atoms with Gasteiger partial charge in [0.05, 0.1) is 4.90 Å². The largest absolute Gasteiger partial charge is 0.329 e. The van der Waals surface area contributed by atoms with Crippen LogP contribution in [0.25, 0.3) is 0 Å². The quantitative estimate of drug-likeness (QED) is 0.897. The van der Waals surface area contributed by atoms with Crippen LogP contribution < -0.4 is 10.5 Å². The summed E-state index contributed by atoms with van der Waals surface area (Å²) in [5.74, 6) is 0. The Bertz CT molecular complexity index is 602. The van der Waals surface area contributed by atoms with Crippen molar-refractivity contribution in [1.82, 2.24) is 4.72 Å². The van der Waals surface area contributed by atoms with Crippen LogP contribution in [0.4, 0.5) is 0 Å². The summed E-state index contributed by atoms with van der Waals surface area (Å²) in [7, 11) is -3.59. The van der Waals surface area contributed by atoms with Crippen LogP contribution >= 0.6 is 0 Å². The van der Waals surface area contributed by atoms with Gasteiger partial charge < -0.3 is 5.73 Å². The first-order chi connectivity index (χ1) is 9.41. The van der Waals surface area contributed by atoms with E-state index in [0.717, 1.165) is 22.3 Å². The van der Waals surface area contributed by atoms with Gasteiger partial charge in [0.2, 0.25) is 10.0 Å². The second-order valence-electron chi connectivity index (χ2n) is 6.87. The third-order valence-corrected chi connectivity index (χ3v) is 5.89. The molecule has 0 saturated carbocycles. The molecule has 1 atom stereocenters. The highest BCUT2D eigenvalue weighted by Crippen LogP contribution is 2.27. The molecule has 1 aromatic carbocycles. The van der Waals surface area contributed by atoms with E-state index in [-0.39, 0.29) is 18.0 Å². The van der Waals surface area contributed by atoms with Crippen molar-refractivity contribution in [3.8, 4) is 0 Å². The van der Waals surface area contributed by atoms with Gasteiger partial charge in [0.15, 0.2) is 0 Å². The maximum absolute atomic E-state index is 12.8. The van der Waals surface area contributed by atoms with Crippen molar-refractivity contribution in [2.45, 2.75) is 59.4 Å². The number of hydrogen-bond acceptors (Lipinski definition) is 3. The van der Waals surface area contributed by atoms with Crippen molar-refractivity contribution < 1.29 is 8.42 Å². The molecule has 0 aromatic heterocycles. The first kappa shape index (κ1) is 18.1. The van der Waals surface area contributed by atoms with E-state index >= 15 is 0 Å². The zero-order valence-corrected chi connectivity index (χ0v) is 15.0. The predicted molar refractivity (Wildman–Crippen MR) is 88.0 cm³/mol. The Labute approximate surface area is 129 Å². The zero-order valence-electron chi connectivity index (χ0n) is 14.2. The number of nitrogens with one attached hydrogen (secondary N) is 1. The summed E-state index contributed by atoms with van der Waals surface area (Å²) in [4.78, 5) is 0.391. The first-order valence-corrected chi connectivity index (χ1v) is 8.70. The molecule has 0 bridgehead atoms. The van der Waals surface area contributed by atoms with Gasteiger partial charge in [0.1, 0.15) is 0 Å². The number of rotatable bonds is 4. The van der Waals surface area contributed by atoms with Gasteiger partial charge in [-0.3, -0.25) is 0 Å². The van der Waals surface area contributed by atoms with Crippen molar-refractivity contribution in [1.29, 1.82) is 0 Å². The van der Waals surface area contributed by atoms with Gasteiger partial charge in [-0.05, 0) is 55.4 Å². The van der Waals surface area contributed by atoms with Crippen LogP contribution in [0.1, 0.15) is 43.0 Å². The van der Waals surface area contributed by atoms with Crippen LogP contribution in [0, 0.1) is 33.1 Å². The molecule has 0 aliphatic carbocycles. The van der Waals surface area contributed by atoms with Crippen LogP contribution in [-0.2, 0) is 10.0 Å². The minimum absolute atomic E-state index is 0.234. The Morgan fingerprint density at radius 3 is 1.86 bits per heavy atom. The lowest BCUT2D eigenvalue weighted by Crippen LogP contribution is -2.48. The highest BCUT2D eigenvalue weighted by atomic mass is 32.2. The molecule has 0 aliphatic heterocycles. The van der Waals surface area contributed by atoms with Gasteiger partial charge in [0, 0.05) is 12.6 Å². The lowest BCUT2D eigenvalue weighted by Gasteiger charge is -2.30. The monoisotopic (exact) mass is 312 g/mol. The third-order valence-electron chi connectivity index (χ3n) is 4.14. The maximum atomic E-state index is 12.8. The van der Waals surface area contributed by atoms with Crippen LogP contribution in [0.15, 0.2) is 11.0 Å². The van der Waals surface area contributed by atoms with Gasteiger partial charge in [-0.15, -0.1) is 0 Å². The SMILES string of the molecule is Cc1cc(C)c(C)c(S(=O)(=O)NC(CN)C(C)(C)C)c1C. The minimum atomic E-state index is -3.59. The summed E-state index contributed by atoms with van der Waals surface area (Å²) in [6.45, 7) is 13.8. The van der Waals surface area contributed by atoms with E-state index in [1.165, 1.54) is 0 Å². The first-order valence-electron chi connectivity index (χ1n) is 7.21. The Morgan fingerprint density at radius 2 is 1.52 bits per heavy atom. The van der Waals surface area contributed by atoms with Gasteiger partial charge in [-0.1, -0.05) is 26.8 Å². The molecule has 21 heavy (non-hydrogen) atoms. The molecule has 0 aliphatic rings. The number of hydrogen-bond donors (Lipinski definition) is 2. The normalized spacial score (nSPS) is 14.3. The van der Waals surface area contributed by atoms with Crippen LogP contribution in [0.3, 0.4) is 0 Å². The van der Waals surface area contributed by atoms with E-state index in [4.69, 9.17) is 5.73 Å². The standard InChI is InChI=1S/C16H28N2O2S/c1-10-8-11(2)13(4)15(12(10)3)21(19,20)18-14(9-17)16(5,6)7/h8,14,18H,9,17H2,1-7H3. The fourth-order valence-corrected chi connectivity index (χ4v) is 4.48. The molecule has 0 heterocycles. The number of nitrogens with two attached hydrogens (primary N) is 1. The topological polar surface area (TPSA) is 72.2 Å². The van der Waals surface area contributed by atoms with E-state index in [0.29, 0.717) is 4.90 Å². The van der Waals surface area contributed by atoms with Gasteiger partial charge in [-0.25, -0.2) is 13.1 Å². The average Bonchev–Trinajstić information content (AvgIpc) is 2.32. The van der Waals surface area contributed by atoms with E-state index in [2.05, 4.69) is 4.72 Å². The predicted octanol–water partition coefficient (Wildman–Crippen LogP) is 2.57. The molecule has 1 aromatic rings. The third kappa shape index (κ3) is 3.84. The smallest absolute Gasteiger partial charge is 0.241 e. The fourth-order valence-electron chi connectivity index (χ4n) is 2.41. The Hall–Kier alpha value is -0.910. The maximum Gasteiger partial charge on any atom is 0.241 e. The Morgan fingerprint density at radius 1 is 1.10 bits per heavy atom. The second kappa shape index (κ2) is 6.07. The highest BCUT2D eigenvalue weighted by molar-refractivity contribution is 7.89. The van der Waals surface area contributed by atoms with Crippen molar-refractivity contribution in [2.75, 3.05) is 6.54 Å². The molecule has 1 unspecified atom stereocenters. The zero-order chi connectivity index (χ0) is 16.6. The highest BCUT2D eigenvalue weighted by Gasteiger charge is 2.30. The molecular weight excluding hydrogens is 284 g/mol. The number of aryl methyl sites for hydroxylation is 2. The van der Waals surface area contributed by atoms with E-state index < -0.39 is 10.0 Å².